The topological polar surface area (TPSA) is 37.3 Å². The van der Waals surface area contributed by atoms with E-state index in [1.165, 1.54) is 103 Å². The molecular formula is C25H48O2. The molecule has 0 amide bonds. The van der Waals surface area contributed by atoms with Crippen LogP contribution in [0.5, 0.6) is 0 Å². The predicted octanol–water partition coefficient (Wildman–Crippen LogP) is 8.70. The molecule has 1 atom stereocenters. The van der Waals surface area contributed by atoms with E-state index in [-0.39, 0.29) is 0 Å². The standard InChI is InChI=1S/C25H48O2/c1-3-4-5-6-7-8-9-10-11-12-13-14-15-16-17-18-19-21-24(2)22-20-23-25(26)27/h10-11,24H,3-9,12-23H2,1-2H3,(H,26,27)/b11-10-. The number of allylic oxidation sites excluding steroid dienone is 2. The normalized spacial score (nSPS) is 12.7. The Morgan fingerprint density at radius 3 is 1.67 bits per heavy atom. The first-order chi connectivity index (χ1) is 13.2. The first kappa shape index (κ1) is 26.2. The second-order valence-corrected chi connectivity index (χ2v) is 8.47. The number of unbranched alkanes of at least 4 members (excludes halogenated alkanes) is 13. The van der Waals surface area contributed by atoms with Gasteiger partial charge in [-0.1, -0.05) is 109 Å². The van der Waals surface area contributed by atoms with Crippen molar-refractivity contribution in [3.63, 3.8) is 0 Å². The number of aliphatic carboxylic acids is 1. The highest BCUT2D eigenvalue weighted by Gasteiger charge is 2.04. The van der Waals surface area contributed by atoms with Crippen molar-refractivity contribution in [3.8, 4) is 0 Å². The number of rotatable bonds is 21. The summed E-state index contributed by atoms with van der Waals surface area (Å²) < 4.78 is 0. The molecule has 1 N–H and O–H groups in total. The van der Waals surface area contributed by atoms with E-state index >= 15 is 0 Å². The minimum absolute atomic E-state index is 0.332. The van der Waals surface area contributed by atoms with Gasteiger partial charge in [0.05, 0.1) is 0 Å². The van der Waals surface area contributed by atoms with Crippen molar-refractivity contribution in [2.45, 2.75) is 136 Å². The fourth-order valence-electron chi connectivity index (χ4n) is 3.66. The molecular weight excluding hydrogens is 332 g/mol. The Morgan fingerprint density at radius 1 is 0.704 bits per heavy atom. The van der Waals surface area contributed by atoms with Gasteiger partial charge in [0.2, 0.25) is 0 Å². The van der Waals surface area contributed by atoms with Gasteiger partial charge in [-0.2, -0.15) is 0 Å². The highest BCUT2D eigenvalue weighted by Crippen LogP contribution is 2.17. The van der Waals surface area contributed by atoms with Gasteiger partial charge < -0.3 is 5.11 Å². The molecule has 0 aromatic carbocycles. The van der Waals surface area contributed by atoms with Gasteiger partial charge in [-0.25, -0.2) is 0 Å². The van der Waals surface area contributed by atoms with E-state index in [0.29, 0.717) is 12.3 Å². The predicted molar refractivity (Wildman–Crippen MR) is 119 cm³/mol. The third-order valence-corrected chi connectivity index (χ3v) is 5.55. The third-order valence-electron chi connectivity index (χ3n) is 5.55. The molecule has 0 spiro atoms. The molecule has 2 heteroatoms. The molecule has 0 aromatic rings. The second-order valence-electron chi connectivity index (χ2n) is 8.47. The summed E-state index contributed by atoms with van der Waals surface area (Å²) in [5.41, 5.74) is 0. The number of hydrogen-bond donors (Lipinski definition) is 1. The molecule has 0 aliphatic rings. The van der Waals surface area contributed by atoms with E-state index in [1.54, 1.807) is 0 Å². The van der Waals surface area contributed by atoms with Crippen molar-refractivity contribution in [3.05, 3.63) is 12.2 Å². The largest absolute Gasteiger partial charge is 0.481 e. The molecule has 0 aliphatic heterocycles. The van der Waals surface area contributed by atoms with Gasteiger partial charge in [-0.3, -0.25) is 4.79 Å². The molecule has 1 unspecified atom stereocenters. The Labute approximate surface area is 170 Å². The van der Waals surface area contributed by atoms with E-state index in [9.17, 15) is 4.79 Å². The highest BCUT2D eigenvalue weighted by molar-refractivity contribution is 5.66. The number of carbonyl (C=O) groups is 1. The quantitative estimate of drug-likeness (QED) is 0.160. The molecule has 0 fully saturated rings. The maximum atomic E-state index is 10.5. The van der Waals surface area contributed by atoms with Crippen LogP contribution in [0.3, 0.4) is 0 Å². The summed E-state index contributed by atoms with van der Waals surface area (Å²) in [5.74, 6) is 0.0305. The first-order valence-electron chi connectivity index (χ1n) is 12.0. The lowest BCUT2D eigenvalue weighted by molar-refractivity contribution is -0.137. The monoisotopic (exact) mass is 380 g/mol. The van der Waals surface area contributed by atoms with Crippen LogP contribution in [-0.2, 0) is 4.79 Å². The van der Waals surface area contributed by atoms with Crippen molar-refractivity contribution in [1.29, 1.82) is 0 Å². The fourth-order valence-corrected chi connectivity index (χ4v) is 3.66. The van der Waals surface area contributed by atoms with E-state index in [2.05, 4.69) is 26.0 Å². The zero-order valence-electron chi connectivity index (χ0n) is 18.5. The molecule has 160 valence electrons. The van der Waals surface area contributed by atoms with Gasteiger partial charge in [0.15, 0.2) is 0 Å². The molecule has 0 aliphatic carbocycles. The van der Waals surface area contributed by atoms with E-state index < -0.39 is 5.97 Å². The van der Waals surface area contributed by atoms with Crippen molar-refractivity contribution < 1.29 is 9.90 Å². The minimum Gasteiger partial charge on any atom is -0.481 e. The van der Waals surface area contributed by atoms with Crippen LogP contribution in [0.4, 0.5) is 0 Å². The second kappa shape index (κ2) is 21.5. The smallest absolute Gasteiger partial charge is 0.303 e. The van der Waals surface area contributed by atoms with Crippen LogP contribution in [0.25, 0.3) is 0 Å². The van der Waals surface area contributed by atoms with E-state index in [1.807, 2.05) is 0 Å². The van der Waals surface area contributed by atoms with Crippen LogP contribution in [0.1, 0.15) is 136 Å². The summed E-state index contributed by atoms with van der Waals surface area (Å²) in [6.07, 6.45) is 28.8. The van der Waals surface area contributed by atoms with Gasteiger partial charge in [0.1, 0.15) is 0 Å². The van der Waals surface area contributed by atoms with Crippen molar-refractivity contribution in [1.82, 2.24) is 0 Å². The van der Waals surface area contributed by atoms with Gasteiger partial charge in [-0.15, -0.1) is 0 Å². The van der Waals surface area contributed by atoms with Gasteiger partial charge >= 0.3 is 5.97 Å². The summed E-state index contributed by atoms with van der Waals surface area (Å²) >= 11 is 0. The summed E-state index contributed by atoms with van der Waals surface area (Å²) in [5, 5.41) is 8.65. The number of hydrogen-bond acceptors (Lipinski definition) is 1. The van der Waals surface area contributed by atoms with E-state index in [4.69, 9.17) is 5.11 Å². The Morgan fingerprint density at radius 2 is 1.15 bits per heavy atom. The van der Waals surface area contributed by atoms with Gasteiger partial charge in [0, 0.05) is 6.42 Å². The number of carboxylic acid groups (broad SMARTS) is 1. The Hall–Kier alpha value is -0.790. The van der Waals surface area contributed by atoms with Gasteiger partial charge in [0.25, 0.3) is 0 Å². The van der Waals surface area contributed by atoms with Crippen molar-refractivity contribution >= 4 is 5.97 Å². The van der Waals surface area contributed by atoms with E-state index in [0.717, 1.165) is 12.8 Å². The Balaban J connectivity index is 3.18. The minimum atomic E-state index is -0.657. The van der Waals surface area contributed by atoms with Crippen LogP contribution < -0.4 is 0 Å². The maximum absolute atomic E-state index is 10.5. The molecule has 0 radical (unpaired) electrons. The van der Waals surface area contributed by atoms with Gasteiger partial charge in [-0.05, 0) is 38.0 Å². The van der Waals surface area contributed by atoms with Crippen LogP contribution in [0.2, 0.25) is 0 Å². The lowest BCUT2D eigenvalue weighted by Crippen LogP contribution is -1.99. The van der Waals surface area contributed by atoms with Crippen molar-refractivity contribution in [2.24, 2.45) is 5.92 Å². The Kier molecular flexibility index (Phi) is 20.9. The zero-order chi connectivity index (χ0) is 20.0. The van der Waals surface area contributed by atoms with Crippen LogP contribution in [-0.4, -0.2) is 11.1 Å². The molecule has 0 saturated heterocycles. The molecule has 0 bridgehead atoms. The Bertz CT molecular complexity index is 335. The third kappa shape index (κ3) is 23.2. The highest BCUT2D eigenvalue weighted by atomic mass is 16.4. The maximum Gasteiger partial charge on any atom is 0.303 e. The molecule has 0 heterocycles. The molecule has 0 aromatic heterocycles. The summed E-state index contributed by atoms with van der Waals surface area (Å²) in [4.78, 5) is 10.5. The average molecular weight is 381 g/mol. The first-order valence-corrected chi connectivity index (χ1v) is 12.0. The SMILES string of the molecule is CCCCCCCC/C=C\CCCCCCCCCC(C)CCCC(=O)O. The summed E-state index contributed by atoms with van der Waals surface area (Å²) in [6.45, 7) is 4.54. The van der Waals surface area contributed by atoms with Crippen LogP contribution >= 0.6 is 0 Å². The molecule has 2 nitrogen and oxygen atoms in total. The molecule has 0 rings (SSSR count). The molecule has 0 saturated carbocycles. The lowest BCUT2D eigenvalue weighted by Gasteiger charge is -2.10. The summed E-state index contributed by atoms with van der Waals surface area (Å²) in [7, 11) is 0. The molecule has 27 heavy (non-hydrogen) atoms. The van der Waals surface area contributed by atoms with Crippen LogP contribution in [0.15, 0.2) is 12.2 Å². The summed E-state index contributed by atoms with van der Waals surface area (Å²) in [6, 6.07) is 0. The average Bonchev–Trinajstić information content (AvgIpc) is 2.64. The lowest BCUT2D eigenvalue weighted by atomic mass is 9.96. The number of carboxylic acids is 1. The zero-order valence-corrected chi connectivity index (χ0v) is 18.5. The van der Waals surface area contributed by atoms with Crippen molar-refractivity contribution in [2.75, 3.05) is 0 Å². The van der Waals surface area contributed by atoms with Crippen LogP contribution in [0, 0.1) is 5.92 Å². The fraction of sp³-hybridized carbons (Fsp3) is 0.880.